The summed E-state index contributed by atoms with van der Waals surface area (Å²) in [7, 11) is 0. The Labute approximate surface area is 117 Å². The van der Waals surface area contributed by atoms with Gasteiger partial charge in [-0.1, -0.05) is 0 Å². The molecule has 2 saturated carbocycles. The Hall–Kier alpha value is -1.89. The zero-order valence-corrected chi connectivity index (χ0v) is 11.4. The summed E-state index contributed by atoms with van der Waals surface area (Å²) in [5.41, 5.74) is 2.55. The average molecular weight is 276 g/mol. The SMILES string of the molecule is NNc1cc(NCCC(=O)NC2CC2)nc(C2CC2)n1. The van der Waals surface area contributed by atoms with E-state index >= 15 is 0 Å². The number of hydrogen-bond acceptors (Lipinski definition) is 6. The molecule has 0 aliphatic heterocycles. The molecule has 0 unspecified atom stereocenters. The van der Waals surface area contributed by atoms with Gasteiger partial charge < -0.3 is 16.1 Å². The maximum absolute atomic E-state index is 11.6. The van der Waals surface area contributed by atoms with Gasteiger partial charge in [0, 0.05) is 31.0 Å². The van der Waals surface area contributed by atoms with Gasteiger partial charge in [-0.25, -0.2) is 15.8 Å². The number of carbonyl (C=O) groups excluding carboxylic acids is 1. The van der Waals surface area contributed by atoms with Crippen LogP contribution < -0.4 is 21.9 Å². The van der Waals surface area contributed by atoms with E-state index in [4.69, 9.17) is 5.84 Å². The fourth-order valence-corrected chi connectivity index (χ4v) is 1.99. The summed E-state index contributed by atoms with van der Waals surface area (Å²) in [5.74, 6) is 8.11. The molecule has 0 aromatic carbocycles. The van der Waals surface area contributed by atoms with Crippen LogP contribution in [0.2, 0.25) is 0 Å². The fourth-order valence-electron chi connectivity index (χ4n) is 1.99. The third-order valence-corrected chi connectivity index (χ3v) is 3.43. The molecule has 3 rings (SSSR count). The zero-order valence-electron chi connectivity index (χ0n) is 11.4. The van der Waals surface area contributed by atoms with Gasteiger partial charge in [-0.05, 0) is 25.7 Å². The summed E-state index contributed by atoms with van der Waals surface area (Å²) in [6.45, 7) is 0.559. The first kappa shape index (κ1) is 13.1. The second kappa shape index (κ2) is 5.62. The number of hydrogen-bond donors (Lipinski definition) is 4. The van der Waals surface area contributed by atoms with Crippen molar-refractivity contribution in [1.29, 1.82) is 0 Å². The number of nitrogen functional groups attached to an aromatic ring is 1. The van der Waals surface area contributed by atoms with Gasteiger partial charge >= 0.3 is 0 Å². The monoisotopic (exact) mass is 276 g/mol. The highest BCUT2D eigenvalue weighted by molar-refractivity contribution is 5.77. The molecule has 0 spiro atoms. The van der Waals surface area contributed by atoms with Crippen LogP contribution in [0.25, 0.3) is 0 Å². The minimum absolute atomic E-state index is 0.0913. The van der Waals surface area contributed by atoms with E-state index in [1.165, 1.54) is 0 Å². The number of nitrogens with zero attached hydrogens (tertiary/aromatic N) is 2. The Bertz CT molecular complexity index is 498. The highest BCUT2D eigenvalue weighted by atomic mass is 16.1. The van der Waals surface area contributed by atoms with Crippen molar-refractivity contribution in [3.05, 3.63) is 11.9 Å². The average Bonchev–Trinajstić information content (AvgIpc) is 3.31. The molecule has 5 N–H and O–H groups in total. The van der Waals surface area contributed by atoms with Crippen LogP contribution in [0.15, 0.2) is 6.07 Å². The summed E-state index contributed by atoms with van der Waals surface area (Å²) >= 11 is 0. The predicted molar refractivity (Wildman–Crippen MR) is 76.1 cm³/mol. The Morgan fingerprint density at radius 1 is 1.25 bits per heavy atom. The van der Waals surface area contributed by atoms with E-state index < -0.39 is 0 Å². The molecule has 2 aliphatic rings. The van der Waals surface area contributed by atoms with Crippen LogP contribution in [0.3, 0.4) is 0 Å². The van der Waals surface area contributed by atoms with Gasteiger partial charge in [-0.2, -0.15) is 0 Å². The summed E-state index contributed by atoms with van der Waals surface area (Å²) in [5, 5.41) is 6.12. The van der Waals surface area contributed by atoms with E-state index in [0.29, 0.717) is 36.6 Å². The van der Waals surface area contributed by atoms with Crippen molar-refractivity contribution < 1.29 is 4.79 Å². The molecule has 7 nitrogen and oxygen atoms in total. The Balaban J connectivity index is 1.52. The lowest BCUT2D eigenvalue weighted by Crippen LogP contribution is -2.27. The highest BCUT2D eigenvalue weighted by Gasteiger charge is 2.27. The van der Waals surface area contributed by atoms with E-state index in [1.807, 2.05) is 0 Å². The smallest absolute Gasteiger partial charge is 0.221 e. The third kappa shape index (κ3) is 3.57. The predicted octanol–water partition coefficient (Wildman–Crippen LogP) is 0.720. The Kier molecular flexibility index (Phi) is 3.68. The standard InChI is InChI=1S/C13H20N6O/c14-19-11-7-10(17-13(18-11)8-1-2-8)15-6-5-12(20)16-9-3-4-9/h7-9H,1-6,14H2,(H,16,20)(H2,15,17,18,19). The minimum atomic E-state index is 0.0913. The van der Waals surface area contributed by atoms with Gasteiger partial charge in [-0.15, -0.1) is 0 Å². The van der Waals surface area contributed by atoms with Crippen LogP contribution >= 0.6 is 0 Å². The topological polar surface area (TPSA) is 105 Å². The highest BCUT2D eigenvalue weighted by Crippen LogP contribution is 2.38. The molecule has 108 valence electrons. The molecule has 7 heteroatoms. The number of aromatic nitrogens is 2. The molecule has 20 heavy (non-hydrogen) atoms. The van der Waals surface area contributed by atoms with Crippen molar-refractivity contribution in [2.24, 2.45) is 5.84 Å². The van der Waals surface area contributed by atoms with E-state index in [9.17, 15) is 4.79 Å². The maximum Gasteiger partial charge on any atom is 0.221 e. The van der Waals surface area contributed by atoms with E-state index in [1.54, 1.807) is 6.07 Å². The number of rotatable bonds is 7. The number of nitrogens with two attached hydrogens (primary N) is 1. The molecule has 0 saturated heterocycles. The zero-order chi connectivity index (χ0) is 13.9. The fraction of sp³-hybridized carbons (Fsp3) is 0.615. The van der Waals surface area contributed by atoms with E-state index in [0.717, 1.165) is 31.5 Å². The summed E-state index contributed by atoms with van der Waals surface area (Å²) in [4.78, 5) is 20.4. The first-order valence-corrected chi connectivity index (χ1v) is 7.13. The lowest BCUT2D eigenvalue weighted by molar-refractivity contribution is -0.120. The molecule has 1 aromatic heterocycles. The lowest BCUT2D eigenvalue weighted by Gasteiger charge is -2.09. The third-order valence-electron chi connectivity index (χ3n) is 3.43. The van der Waals surface area contributed by atoms with Gasteiger partial charge in [0.25, 0.3) is 0 Å². The van der Waals surface area contributed by atoms with Gasteiger partial charge in [0.15, 0.2) is 0 Å². The quantitative estimate of drug-likeness (QED) is 0.432. The molecular weight excluding hydrogens is 256 g/mol. The molecule has 1 heterocycles. The number of anilines is 2. The molecular formula is C13H20N6O. The van der Waals surface area contributed by atoms with Crippen molar-refractivity contribution in [2.75, 3.05) is 17.3 Å². The number of nitrogens with one attached hydrogen (secondary N) is 3. The van der Waals surface area contributed by atoms with Crippen LogP contribution in [0.4, 0.5) is 11.6 Å². The van der Waals surface area contributed by atoms with Gasteiger partial charge in [-0.3, -0.25) is 4.79 Å². The second-order valence-corrected chi connectivity index (χ2v) is 5.43. The second-order valence-electron chi connectivity index (χ2n) is 5.43. The van der Waals surface area contributed by atoms with Gasteiger partial charge in [0.1, 0.15) is 17.5 Å². The normalized spacial score (nSPS) is 17.6. The molecule has 2 fully saturated rings. The first-order valence-electron chi connectivity index (χ1n) is 7.13. The van der Waals surface area contributed by atoms with Crippen LogP contribution in [0.1, 0.15) is 43.8 Å². The number of amides is 1. The Morgan fingerprint density at radius 2 is 2.00 bits per heavy atom. The molecule has 2 aliphatic carbocycles. The summed E-state index contributed by atoms with van der Waals surface area (Å²) in [6, 6.07) is 2.17. The molecule has 0 radical (unpaired) electrons. The van der Waals surface area contributed by atoms with E-state index in [2.05, 4.69) is 26.0 Å². The van der Waals surface area contributed by atoms with Crippen LogP contribution in [0.5, 0.6) is 0 Å². The minimum Gasteiger partial charge on any atom is -0.369 e. The van der Waals surface area contributed by atoms with Crippen LogP contribution in [-0.2, 0) is 4.79 Å². The van der Waals surface area contributed by atoms with Crippen molar-refractivity contribution in [2.45, 2.75) is 44.1 Å². The maximum atomic E-state index is 11.6. The molecule has 1 amide bonds. The van der Waals surface area contributed by atoms with E-state index in [-0.39, 0.29) is 5.91 Å². The summed E-state index contributed by atoms with van der Waals surface area (Å²) in [6.07, 6.45) is 4.95. The Morgan fingerprint density at radius 3 is 2.65 bits per heavy atom. The number of hydrazine groups is 1. The van der Waals surface area contributed by atoms with Crippen molar-refractivity contribution in [1.82, 2.24) is 15.3 Å². The molecule has 0 bridgehead atoms. The summed E-state index contributed by atoms with van der Waals surface area (Å²) < 4.78 is 0. The largest absolute Gasteiger partial charge is 0.369 e. The first-order chi connectivity index (χ1) is 9.74. The van der Waals surface area contributed by atoms with Crippen LogP contribution in [-0.4, -0.2) is 28.5 Å². The van der Waals surface area contributed by atoms with Crippen molar-refractivity contribution in [3.63, 3.8) is 0 Å². The molecule has 0 atom stereocenters. The van der Waals surface area contributed by atoms with Gasteiger partial charge in [0.05, 0.1) is 0 Å². The molecule has 1 aromatic rings. The van der Waals surface area contributed by atoms with Gasteiger partial charge in [0.2, 0.25) is 5.91 Å². The number of carbonyl (C=O) groups is 1. The van der Waals surface area contributed by atoms with Crippen molar-refractivity contribution >= 4 is 17.5 Å². The lowest BCUT2D eigenvalue weighted by atomic mass is 10.3. The van der Waals surface area contributed by atoms with Crippen molar-refractivity contribution in [3.8, 4) is 0 Å². The van der Waals surface area contributed by atoms with Crippen LogP contribution in [0, 0.1) is 0 Å².